The number of nitrogens with zero attached hydrogens (tertiary/aromatic N) is 1. The molecule has 0 saturated carbocycles. The van der Waals surface area contributed by atoms with Gasteiger partial charge in [0, 0.05) is 23.8 Å². The lowest BCUT2D eigenvalue weighted by Gasteiger charge is -2.41. The molecule has 102 valence electrons. The van der Waals surface area contributed by atoms with Gasteiger partial charge in [0.15, 0.2) is 5.78 Å². The number of hydrogen-bond donors (Lipinski definition) is 1. The van der Waals surface area contributed by atoms with Crippen molar-refractivity contribution in [2.24, 2.45) is 0 Å². The van der Waals surface area contributed by atoms with Gasteiger partial charge < -0.3 is 4.90 Å². The maximum atomic E-state index is 12.4. The maximum absolute atomic E-state index is 12.4. The average molecular weight is 260 g/mol. The molecule has 1 N–H and O–H groups in total. The highest BCUT2D eigenvalue weighted by atomic mass is 16.2. The third-order valence-corrected chi connectivity index (χ3v) is 3.43. The van der Waals surface area contributed by atoms with Gasteiger partial charge in [0.2, 0.25) is 5.91 Å². The Balaban J connectivity index is 2.29. The lowest BCUT2D eigenvalue weighted by Crippen LogP contribution is -2.65. The molecule has 2 rings (SSSR count). The van der Waals surface area contributed by atoms with Gasteiger partial charge in [-0.15, -0.1) is 0 Å². The smallest absolute Gasteiger partial charge is 0.246 e. The molecule has 0 radical (unpaired) electrons. The van der Waals surface area contributed by atoms with Crippen LogP contribution in [0, 0.1) is 0 Å². The molecule has 0 spiro atoms. The fourth-order valence-electron chi connectivity index (χ4n) is 2.52. The van der Waals surface area contributed by atoms with Crippen molar-refractivity contribution in [2.75, 3.05) is 11.4 Å². The van der Waals surface area contributed by atoms with E-state index in [2.05, 4.69) is 12.2 Å². The van der Waals surface area contributed by atoms with Crippen LogP contribution >= 0.6 is 0 Å². The number of anilines is 1. The maximum Gasteiger partial charge on any atom is 0.246 e. The van der Waals surface area contributed by atoms with Crippen LogP contribution in [0.15, 0.2) is 24.3 Å². The van der Waals surface area contributed by atoms with Crippen molar-refractivity contribution >= 4 is 17.4 Å². The number of benzene rings is 1. The van der Waals surface area contributed by atoms with Crippen molar-refractivity contribution in [1.82, 2.24) is 5.32 Å². The summed E-state index contributed by atoms with van der Waals surface area (Å²) in [5, 5.41) is 3.29. The van der Waals surface area contributed by atoms with E-state index in [-0.39, 0.29) is 17.7 Å². The van der Waals surface area contributed by atoms with Gasteiger partial charge in [0.05, 0.1) is 5.54 Å². The van der Waals surface area contributed by atoms with E-state index < -0.39 is 5.54 Å². The summed E-state index contributed by atoms with van der Waals surface area (Å²) in [7, 11) is 0. The summed E-state index contributed by atoms with van der Waals surface area (Å²) in [6, 6.07) is 7.45. The van der Waals surface area contributed by atoms with Crippen LogP contribution in [-0.4, -0.2) is 29.8 Å². The number of rotatable bonds is 2. The van der Waals surface area contributed by atoms with Crippen LogP contribution in [-0.2, 0) is 4.79 Å². The van der Waals surface area contributed by atoms with Crippen LogP contribution in [0.1, 0.15) is 38.1 Å². The first-order valence-corrected chi connectivity index (χ1v) is 6.52. The quantitative estimate of drug-likeness (QED) is 0.827. The molecule has 1 aromatic rings. The van der Waals surface area contributed by atoms with Gasteiger partial charge in [-0.3, -0.25) is 14.9 Å². The zero-order valence-electron chi connectivity index (χ0n) is 11.9. The summed E-state index contributed by atoms with van der Waals surface area (Å²) >= 11 is 0. The molecule has 1 aliphatic rings. The molecule has 0 aliphatic carbocycles. The molecule has 19 heavy (non-hydrogen) atoms. The summed E-state index contributed by atoms with van der Waals surface area (Å²) in [5.74, 6) is 0.0908. The van der Waals surface area contributed by atoms with Gasteiger partial charge in [-0.25, -0.2) is 0 Å². The van der Waals surface area contributed by atoms with Gasteiger partial charge >= 0.3 is 0 Å². The van der Waals surface area contributed by atoms with Crippen LogP contribution in [0.4, 0.5) is 5.69 Å². The molecular weight excluding hydrogens is 240 g/mol. The van der Waals surface area contributed by atoms with Crippen molar-refractivity contribution in [2.45, 2.75) is 39.3 Å². The molecule has 1 aliphatic heterocycles. The molecular formula is C15H20N2O2. The Bertz CT molecular complexity index is 505. The van der Waals surface area contributed by atoms with Crippen molar-refractivity contribution in [3.8, 4) is 0 Å². The van der Waals surface area contributed by atoms with Gasteiger partial charge in [-0.05, 0) is 52.0 Å². The highest BCUT2D eigenvalue weighted by Crippen LogP contribution is 2.23. The first-order chi connectivity index (χ1) is 8.81. The second kappa shape index (κ2) is 4.78. The van der Waals surface area contributed by atoms with Gasteiger partial charge in [0.25, 0.3) is 0 Å². The first kappa shape index (κ1) is 13.7. The topological polar surface area (TPSA) is 49.4 Å². The Hall–Kier alpha value is -1.68. The molecule has 1 heterocycles. The third kappa shape index (κ3) is 2.68. The second-order valence-corrected chi connectivity index (χ2v) is 5.69. The first-order valence-electron chi connectivity index (χ1n) is 6.52. The van der Waals surface area contributed by atoms with Crippen LogP contribution in [0.3, 0.4) is 0 Å². The number of carbonyl (C=O) groups is 2. The van der Waals surface area contributed by atoms with Crippen molar-refractivity contribution < 1.29 is 9.59 Å². The second-order valence-electron chi connectivity index (χ2n) is 5.69. The SMILES string of the molecule is CC(=O)c1ccc(N2CC(C)NC(C)(C)C2=O)cc1. The van der Waals surface area contributed by atoms with Gasteiger partial charge in [-0.2, -0.15) is 0 Å². The largest absolute Gasteiger partial charge is 0.309 e. The predicted molar refractivity (Wildman–Crippen MR) is 75.5 cm³/mol. The summed E-state index contributed by atoms with van der Waals surface area (Å²) in [6.07, 6.45) is 0. The summed E-state index contributed by atoms with van der Waals surface area (Å²) in [4.78, 5) is 25.5. The van der Waals surface area contributed by atoms with Crippen LogP contribution in [0.2, 0.25) is 0 Å². The number of carbonyl (C=O) groups excluding carboxylic acids is 2. The molecule has 1 saturated heterocycles. The standard InChI is InChI=1S/C15H20N2O2/c1-10-9-17(14(19)15(3,4)16-10)13-7-5-12(6-8-13)11(2)18/h5-8,10,16H,9H2,1-4H3. The number of nitrogens with one attached hydrogen (secondary N) is 1. The molecule has 0 bridgehead atoms. The Kier molecular flexibility index (Phi) is 3.45. The number of Topliss-reactive ketones (excluding diaryl/α,β-unsaturated/α-hetero) is 1. The Morgan fingerprint density at radius 1 is 1.32 bits per heavy atom. The zero-order chi connectivity index (χ0) is 14.2. The molecule has 4 nitrogen and oxygen atoms in total. The highest BCUT2D eigenvalue weighted by Gasteiger charge is 2.38. The van der Waals surface area contributed by atoms with E-state index in [9.17, 15) is 9.59 Å². The fraction of sp³-hybridized carbons (Fsp3) is 0.467. The number of ketones is 1. The molecule has 4 heteroatoms. The predicted octanol–water partition coefficient (Wildman–Crippen LogP) is 1.99. The monoisotopic (exact) mass is 260 g/mol. The van der Waals surface area contributed by atoms with Crippen molar-refractivity contribution in [1.29, 1.82) is 0 Å². The Labute approximate surface area is 113 Å². The molecule has 1 amide bonds. The lowest BCUT2D eigenvalue weighted by molar-refractivity contribution is -0.125. The van der Waals surface area contributed by atoms with E-state index in [0.717, 1.165) is 5.69 Å². The molecule has 1 fully saturated rings. The molecule has 1 atom stereocenters. The lowest BCUT2D eigenvalue weighted by atomic mass is 9.97. The molecule has 1 aromatic carbocycles. The van der Waals surface area contributed by atoms with Crippen LogP contribution < -0.4 is 10.2 Å². The summed E-state index contributed by atoms with van der Waals surface area (Å²) in [6.45, 7) is 8.02. The highest BCUT2D eigenvalue weighted by molar-refractivity contribution is 6.01. The molecule has 1 unspecified atom stereocenters. The van der Waals surface area contributed by atoms with E-state index in [1.54, 1.807) is 17.0 Å². The van der Waals surface area contributed by atoms with Gasteiger partial charge in [0.1, 0.15) is 0 Å². The third-order valence-electron chi connectivity index (χ3n) is 3.43. The number of amides is 1. The van der Waals surface area contributed by atoms with Crippen LogP contribution in [0.25, 0.3) is 0 Å². The summed E-state index contributed by atoms with van der Waals surface area (Å²) < 4.78 is 0. The minimum atomic E-state index is -0.559. The van der Waals surface area contributed by atoms with Gasteiger partial charge in [-0.1, -0.05) is 0 Å². The normalized spacial score (nSPS) is 22.4. The minimum absolute atomic E-state index is 0.0342. The van der Waals surface area contributed by atoms with Crippen LogP contribution in [0.5, 0.6) is 0 Å². The fourth-order valence-corrected chi connectivity index (χ4v) is 2.52. The van der Waals surface area contributed by atoms with Crippen molar-refractivity contribution in [3.63, 3.8) is 0 Å². The Morgan fingerprint density at radius 3 is 2.42 bits per heavy atom. The number of hydrogen-bond acceptors (Lipinski definition) is 3. The summed E-state index contributed by atoms with van der Waals surface area (Å²) in [5.41, 5.74) is 0.951. The molecule has 0 aromatic heterocycles. The Morgan fingerprint density at radius 2 is 1.89 bits per heavy atom. The zero-order valence-corrected chi connectivity index (χ0v) is 11.9. The minimum Gasteiger partial charge on any atom is -0.309 e. The van der Waals surface area contributed by atoms with E-state index in [1.807, 2.05) is 26.0 Å². The van der Waals surface area contributed by atoms with E-state index in [1.165, 1.54) is 6.92 Å². The van der Waals surface area contributed by atoms with E-state index >= 15 is 0 Å². The average Bonchev–Trinajstić information content (AvgIpc) is 2.33. The number of piperazine rings is 1. The van der Waals surface area contributed by atoms with Crippen molar-refractivity contribution in [3.05, 3.63) is 29.8 Å². The van der Waals surface area contributed by atoms with E-state index in [4.69, 9.17) is 0 Å². The van der Waals surface area contributed by atoms with E-state index in [0.29, 0.717) is 12.1 Å².